The van der Waals surface area contributed by atoms with Gasteiger partial charge in [-0.1, -0.05) is 6.07 Å². The zero-order valence-electron chi connectivity index (χ0n) is 12.8. The molecule has 0 saturated carbocycles. The third-order valence-corrected chi connectivity index (χ3v) is 4.74. The van der Waals surface area contributed by atoms with E-state index in [1.54, 1.807) is 18.2 Å². The maximum Gasteiger partial charge on any atom is 0.417 e. The highest BCUT2D eigenvalue weighted by Gasteiger charge is 2.22. The average Bonchev–Trinajstić information content (AvgIpc) is 2.95. The zero-order chi connectivity index (χ0) is 17.3. The van der Waals surface area contributed by atoms with E-state index in [4.69, 9.17) is 13.9 Å². The number of methoxy groups -OCH3 is 2. The standard InChI is InChI=1S/C15H14N2O6S/c1-21-9-6-7-12(22-2)13(8-9)24(19,20)17-11-5-3-4-10-14(11)23-15(18)16-10/h3-8,17H,1-2H3,(H,16,18). The molecule has 2 aromatic carbocycles. The van der Waals surface area contributed by atoms with Gasteiger partial charge in [0.15, 0.2) is 5.58 Å². The van der Waals surface area contributed by atoms with Crippen molar-refractivity contribution >= 4 is 26.8 Å². The van der Waals surface area contributed by atoms with Crippen molar-refractivity contribution in [2.24, 2.45) is 0 Å². The number of hydrogen-bond donors (Lipinski definition) is 2. The lowest BCUT2D eigenvalue weighted by molar-refractivity contribution is 0.392. The second-order valence-corrected chi connectivity index (χ2v) is 6.47. The third-order valence-electron chi connectivity index (χ3n) is 3.35. The molecule has 0 amide bonds. The number of H-pyrrole nitrogens is 1. The van der Waals surface area contributed by atoms with Crippen LogP contribution in [0, 0.1) is 0 Å². The van der Waals surface area contributed by atoms with Crippen LogP contribution in [-0.2, 0) is 10.0 Å². The number of fused-ring (bicyclic) bond motifs is 1. The fourth-order valence-corrected chi connectivity index (χ4v) is 3.50. The van der Waals surface area contributed by atoms with Crippen LogP contribution in [0.3, 0.4) is 0 Å². The molecular weight excluding hydrogens is 336 g/mol. The Morgan fingerprint density at radius 2 is 1.92 bits per heavy atom. The molecule has 8 nitrogen and oxygen atoms in total. The lowest BCUT2D eigenvalue weighted by Crippen LogP contribution is -2.14. The third kappa shape index (κ3) is 2.81. The molecule has 0 aliphatic carbocycles. The highest BCUT2D eigenvalue weighted by atomic mass is 32.2. The summed E-state index contributed by atoms with van der Waals surface area (Å²) in [6.07, 6.45) is 0. The van der Waals surface area contributed by atoms with E-state index in [0.717, 1.165) is 0 Å². The molecule has 0 bridgehead atoms. The largest absolute Gasteiger partial charge is 0.497 e. The molecule has 24 heavy (non-hydrogen) atoms. The van der Waals surface area contributed by atoms with Gasteiger partial charge in [0.25, 0.3) is 10.0 Å². The quantitative estimate of drug-likeness (QED) is 0.727. The summed E-state index contributed by atoms with van der Waals surface area (Å²) in [5.74, 6) is -0.149. The first-order valence-electron chi connectivity index (χ1n) is 6.81. The maximum absolute atomic E-state index is 12.7. The first kappa shape index (κ1) is 15.9. The first-order valence-corrected chi connectivity index (χ1v) is 8.29. The average molecular weight is 350 g/mol. The van der Waals surface area contributed by atoms with E-state index in [9.17, 15) is 13.2 Å². The van der Waals surface area contributed by atoms with Crippen LogP contribution in [0.1, 0.15) is 0 Å². The van der Waals surface area contributed by atoms with Gasteiger partial charge in [0.1, 0.15) is 16.4 Å². The molecule has 0 unspecified atom stereocenters. The molecule has 0 aliphatic heterocycles. The molecule has 1 heterocycles. The lowest BCUT2D eigenvalue weighted by Gasteiger charge is -2.12. The SMILES string of the molecule is COc1ccc(OC)c(S(=O)(=O)Nc2cccc3[nH]c(=O)oc23)c1. The minimum absolute atomic E-state index is 0.0979. The van der Waals surface area contributed by atoms with Gasteiger partial charge in [-0.25, -0.2) is 13.2 Å². The van der Waals surface area contributed by atoms with E-state index >= 15 is 0 Å². The topological polar surface area (TPSA) is 111 Å². The molecule has 1 aromatic heterocycles. The van der Waals surface area contributed by atoms with Crippen LogP contribution in [0.4, 0.5) is 5.69 Å². The first-order chi connectivity index (χ1) is 11.4. The highest BCUT2D eigenvalue weighted by Crippen LogP contribution is 2.31. The van der Waals surface area contributed by atoms with E-state index in [1.807, 2.05) is 0 Å². The number of aromatic nitrogens is 1. The van der Waals surface area contributed by atoms with Crippen molar-refractivity contribution in [1.29, 1.82) is 0 Å². The van der Waals surface area contributed by atoms with E-state index in [0.29, 0.717) is 11.3 Å². The number of para-hydroxylation sites is 1. The van der Waals surface area contributed by atoms with Gasteiger partial charge >= 0.3 is 5.76 Å². The van der Waals surface area contributed by atoms with Gasteiger partial charge in [0, 0.05) is 6.07 Å². The zero-order valence-corrected chi connectivity index (χ0v) is 13.6. The molecule has 0 spiro atoms. The number of ether oxygens (including phenoxy) is 2. The van der Waals surface area contributed by atoms with Crippen LogP contribution in [0.15, 0.2) is 50.5 Å². The Kier molecular flexibility index (Phi) is 3.94. The predicted octanol–water partition coefficient (Wildman–Crippen LogP) is 1.94. The molecule has 0 aliphatic rings. The summed E-state index contributed by atoms with van der Waals surface area (Å²) in [6, 6.07) is 9.10. The van der Waals surface area contributed by atoms with E-state index in [1.165, 1.54) is 32.4 Å². The Morgan fingerprint density at radius 1 is 1.12 bits per heavy atom. The second-order valence-electron chi connectivity index (χ2n) is 4.82. The molecule has 3 aromatic rings. The lowest BCUT2D eigenvalue weighted by atomic mass is 10.3. The number of oxazole rings is 1. The second kappa shape index (κ2) is 5.93. The summed E-state index contributed by atoms with van der Waals surface area (Å²) >= 11 is 0. The van der Waals surface area contributed by atoms with Gasteiger partial charge < -0.3 is 13.9 Å². The van der Waals surface area contributed by atoms with Crippen LogP contribution < -0.4 is 20.0 Å². The van der Waals surface area contributed by atoms with Crippen LogP contribution in [0.25, 0.3) is 11.1 Å². The Labute approximate surface area is 137 Å². The summed E-state index contributed by atoms with van der Waals surface area (Å²) in [4.78, 5) is 13.7. The summed E-state index contributed by atoms with van der Waals surface area (Å²) in [5, 5.41) is 0. The summed E-state index contributed by atoms with van der Waals surface area (Å²) in [5.41, 5.74) is 0.640. The summed E-state index contributed by atoms with van der Waals surface area (Å²) in [6.45, 7) is 0. The predicted molar refractivity (Wildman–Crippen MR) is 87.2 cm³/mol. The van der Waals surface area contributed by atoms with Crippen molar-refractivity contribution in [2.45, 2.75) is 4.90 Å². The van der Waals surface area contributed by atoms with E-state index in [2.05, 4.69) is 9.71 Å². The normalized spacial score (nSPS) is 11.4. The number of aromatic amines is 1. The van der Waals surface area contributed by atoms with E-state index in [-0.39, 0.29) is 21.9 Å². The molecule has 2 N–H and O–H groups in total. The Hall–Kier alpha value is -2.94. The Bertz CT molecular complexity index is 1050. The Balaban J connectivity index is 2.10. The monoisotopic (exact) mass is 350 g/mol. The number of anilines is 1. The van der Waals surface area contributed by atoms with Crippen LogP contribution in [0.2, 0.25) is 0 Å². The minimum Gasteiger partial charge on any atom is -0.497 e. The van der Waals surface area contributed by atoms with E-state index < -0.39 is 15.8 Å². The van der Waals surface area contributed by atoms with Gasteiger partial charge in [-0.2, -0.15) is 0 Å². The minimum atomic E-state index is -4.00. The van der Waals surface area contributed by atoms with Crippen molar-refractivity contribution in [3.05, 3.63) is 46.9 Å². The molecule has 9 heteroatoms. The number of sulfonamides is 1. The number of nitrogens with one attached hydrogen (secondary N) is 2. The molecule has 0 atom stereocenters. The number of hydrogen-bond acceptors (Lipinski definition) is 6. The van der Waals surface area contributed by atoms with Crippen LogP contribution in [-0.4, -0.2) is 27.6 Å². The highest BCUT2D eigenvalue weighted by molar-refractivity contribution is 7.92. The van der Waals surface area contributed by atoms with Crippen LogP contribution in [0.5, 0.6) is 11.5 Å². The van der Waals surface area contributed by atoms with Gasteiger partial charge in [-0.3, -0.25) is 9.71 Å². The fraction of sp³-hybridized carbons (Fsp3) is 0.133. The summed E-state index contributed by atoms with van der Waals surface area (Å²) in [7, 11) is -1.20. The van der Waals surface area contributed by atoms with Gasteiger partial charge in [0.05, 0.1) is 25.4 Å². The number of rotatable bonds is 5. The number of benzene rings is 2. The van der Waals surface area contributed by atoms with Crippen molar-refractivity contribution < 1.29 is 22.3 Å². The van der Waals surface area contributed by atoms with Crippen molar-refractivity contribution in [1.82, 2.24) is 4.98 Å². The van der Waals surface area contributed by atoms with Gasteiger partial charge in [-0.05, 0) is 24.3 Å². The van der Waals surface area contributed by atoms with Crippen LogP contribution >= 0.6 is 0 Å². The fourth-order valence-electron chi connectivity index (χ4n) is 2.25. The smallest absolute Gasteiger partial charge is 0.417 e. The van der Waals surface area contributed by atoms with Gasteiger partial charge in [0.2, 0.25) is 0 Å². The Morgan fingerprint density at radius 3 is 2.62 bits per heavy atom. The molecule has 0 fully saturated rings. The summed E-state index contributed by atoms with van der Waals surface area (Å²) < 4.78 is 43.0. The van der Waals surface area contributed by atoms with Gasteiger partial charge in [-0.15, -0.1) is 0 Å². The van der Waals surface area contributed by atoms with Crippen molar-refractivity contribution in [3.63, 3.8) is 0 Å². The molecule has 126 valence electrons. The molecule has 0 saturated heterocycles. The molecule has 3 rings (SSSR count). The molecular formula is C15H14N2O6S. The van der Waals surface area contributed by atoms with Crippen molar-refractivity contribution in [2.75, 3.05) is 18.9 Å². The molecule has 0 radical (unpaired) electrons. The maximum atomic E-state index is 12.7. The van der Waals surface area contributed by atoms with Crippen molar-refractivity contribution in [3.8, 4) is 11.5 Å².